The molecule has 0 aliphatic carbocycles. The van der Waals surface area contributed by atoms with Gasteiger partial charge in [0.2, 0.25) is 5.91 Å². The van der Waals surface area contributed by atoms with E-state index >= 15 is 0 Å². The van der Waals surface area contributed by atoms with Gasteiger partial charge in [-0.1, -0.05) is 61.2 Å². The summed E-state index contributed by atoms with van der Waals surface area (Å²) in [5.74, 6) is -0.568. The van der Waals surface area contributed by atoms with Crippen LogP contribution in [0.15, 0.2) is 88.8 Å². The standard InChI is InChI=1S/C26H24N4O3S/c1-2-16-30-25(33)20-13-7-9-15-22(20)29-26(30)34-17-23(31)28-21-14-8-6-12-19(21)24(32)27-18-10-4-3-5-11-18/h3-15H,2,16-17H2,1H3,(H,27,32)(H,28,31). The molecule has 1 aromatic heterocycles. The van der Waals surface area contributed by atoms with E-state index in [1.807, 2.05) is 37.3 Å². The first-order valence-corrected chi connectivity index (χ1v) is 11.9. The van der Waals surface area contributed by atoms with Crippen molar-refractivity contribution >= 4 is 45.9 Å². The van der Waals surface area contributed by atoms with Crippen molar-refractivity contribution in [3.05, 3.63) is 94.8 Å². The number of amides is 2. The van der Waals surface area contributed by atoms with Crippen LogP contribution in [0.3, 0.4) is 0 Å². The third kappa shape index (κ3) is 5.35. The van der Waals surface area contributed by atoms with Crippen molar-refractivity contribution in [1.82, 2.24) is 9.55 Å². The van der Waals surface area contributed by atoms with E-state index in [2.05, 4.69) is 15.6 Å². The number of nitrogens with one attached hydrogen (secondary N) is 2. The molecule has 7 nitrogen and oxygen atoms in total. The molecule has 8 heteroatoms. The molecule has 4 aromatic rings. The van der Waals surface area contributed by atoms with Crippen LogP contribution in [0.2, 0.25) is 0 Å². The predicted octanol–water partition coefficient (Wildman–Crippen LogP) is 4.79. The molecule has 0 aliphatic heterocycles. The number of fused-ring (bicyclic) bond motifs is 1. The highest BCUT2D eigenvalue weighted by Gasteiger charge is 2.16. The first kappa shape index (κ1) is 23.3. The SMILES string of the molecule is CCCn1c(SCC(=O)Nc2ccccc2C(=O)Nc2ccccc2)nc2ccccc2c1=O. The van der Waals surface area contributed by atoms with Crippen molar-refractivity contribution < 1.29 is 9.59 Å². The Morgan fingerprint density at radius 1 is 0.912 bits per heavy atom. The number of rotatable bonds is 8. The van der Waals surface area contributed by atoms with Gasteiger partial charge >= 0.3 is 0 Å². The van der Waals surface area contributed by atoms with E-state index in [4.69, 9.17) is 0 Å². The number of carbonyl (C=O) groups excluding carboxylic acids is 2. The smallest absolute Gasteiger partial charge is 0.262 e. The van der Waals surface area contributed by atoms with E-state index in [9.17, 15) is 14.4 Å². The van der Waals surface area contributed by atoms with Crippen LogP contribution < -0.4 is 16.2 Å². The number of thioether (sulfide) groups is 1. The summed E-state index contributed by atoms with van der Waals surface area (Å²) in [7, 11) is 0. The summed E-state index contributed by atoms with van der Waals surface area (Å²) in [6, 6.07) is 23.2. The third-order valence-electron chi connectivity index (χ3n) is 5.08. The lowest BCUT2D eigenvalue weighted by molar-refractivity contribution is -0.113. The van der Waals surface area contributed by atoms with Gasteiger partial charge in [-0.2, -0.15) is 0 Å². The van der Waals surface area contributed by atoms with E-state index in [-0.39, 0.29) is 23.1 Å². The Morgan fingerprint density at radius 3 is 2.41 bits per heavy atom. The van der Waals surface area contributed by atoms with Crippen LogP contribution in [-0.4, -0.2) is 27.1 Å². The fourth-order valence-corrected chi connectivity index (χ4v) is 4.33. The summed E-state index contributed by atoms with van der Waals surface area (Å²) in [6.45, 7) is 2.50. The first-order chi connectivity index (χ1) is 16.6. The number of anilines is 2. The van der Waals surface area contributed by atoms with Crippen LogP contribution in [-0.2, 0) is 11.3 Å². The number of carbonyl (C=O) groups is 2. The van der Waals surface area contributed by atoms with Gasteiger partial charge in [0, 0.05) is 12.2 Å². The molecule has 0 saturated heterocycles. The molecule has 3 aromatic carbocycles. The second-order valence-electron chi connectivity index (χ2n) is 7.57. The highest BCUT2D eigenvalue weighted by Crippen LogP contribution is 2.21. The highest BCUT2D eigenvalue weighted by molar-refractivity contribution is 7.99. The maximum absolute atomic E-state index is 12.9. The molecule has 0 aliphatic rings. The summed E-state index contributed by atoms with van der Waals surface area (Å²) in [5.41, 5.74) is 1.93. The summed E-state index contributed by atoms with van der Waals surface area (Å²) < 4.78 is 1.61. The number of aromatic nitrogens is 2. The van der Waals surface area contributed by atoms with Gasteiger partial charge in [-0.25, -0.2) is 4.98 Å². The highest BCUT2D eigenvalue weighted by atomic mass is 32.2. The van der Waals surface area contributed by atoms with Crippen molar-refractivity contribution in [1.29, 1.82) is 0 Å². The summed E-state index contributed by atoms with van der Waals surface area (Å²) >= 11 is 1.20. The molecular weight excluding hydrogens is 448 g/mol. The lowest BCUT2D eigenvalue weighted by Crippen LogP contribution is -2.24. The van der Waals surface area contributed by atoms with Crippen LogP contribution in [0.25, 0.3) is 10.9 Å². The molecule has 172 valence electrons. The van der Waals surface area contributed by atoms with Crippen molar-refractivity contribution in [3.8, 4) is 0 Å². The molecule has 0 fully saturated rings. The molecule has 0 spiro atoms. The Balaban J connectivity index is 1.49. The Hall–Kier alpha value is -3.91. The van der Waals surface area contributed by atoms with Gasteiger partial charge in [0.05, 0.1) is 27.9 Å². The van der Waals surface area contributed by atoms with Gasteiger partial charge in [-0.3, -0.25) is 19.0 Å². The third-order valence-corrected chi connectivity index (χ3v) is 6.06. The second-order valence-corrected chi connectivity index (χ2v) is 8.51. The number of nitrogens with zero attached hydrogens (tertiary/aromatic N) is 2. The van der Waals surface area contributed by atoms with Crippen LogP contribution >= 0.6 is 11.8 Å². The maximum Gasteiger partial charge on any atom is 0.262 e. The quantitative estimate of drug-likeness (QED) is 0.284. The van der Waals surface area contributed by atoms with Crippen molar-refractivity contribution in [2.75, 3.05) is 16.4 Å². The fourth-order valence-electron chi connectivity index (χ4n) is 3.51. The van der Waals surface area contributed by atoms with E-state index in [1.165, 1.54) is 11.8 Å². The Kier molecular flexibility index (Phi) is 7.39. The minimum absolute atomic E-state index is 0.0448. The lowest BCUT2D eigenvalue weighted by Gasteiger charge is -2.13. The normalized spacial score (nSPS) is 10.7. The minimum atomic E-state index is -0.317. The molecule has 1 heterocycles. The van der Waals surface area contributed by atoms with E-state index in [0.717, 1.165) is 6.42 Å². The summed E-state index contributed by atoms with van der Waals surface area (Å²) in [5, 5.41) is 6.70. The number of hydrogen-bond donors (Lipinski definition) is 2. The average molecular weight is 473 g/mol. The Bertz CT molecular complexity index is 1390. The molecule has 0 bridgehead atoms. The molecule has 4 rings (SSSR count). The number of benzene rings is 3. The molecule has 0 radical (unpaired) electrons. The van der Waals surface area contributed by atoms with Gasteiger partial charge < -0.3 is 10.6 Å². The molecule has 2 N–H and O–H groups in total. The molecule has 0 saturated carbocycles. The van der Waals surface area contributed by atoms with Crippen LogP contribution in [0.5, 0.6) is 0 Å². The van der Waals surface area contributed by atoms with Gasteiger partial charge in [-0.15, -0.1) is 0 Å². The van der Waals surface area contributed by atoms with Gasteiger partial charge in [0.15, 0.2) is 5.16 Å². The molecule has 2 amide bonds. The van der Waals surface area contributed by atoms with E-state index in [0.29, 0.717) is 39.5 Å². The monoisotopic (exact) mass is 472 g/mol. The van der Waals surface area contributed by atoms with E-state index < -0.39 is 0 Å². The predicted molar refractivity (Wildman–Crippen MR) is 136 cm³/mol. The zero-order valence-electron chi connectivity index (χ0n) is 18.7. The largest absolute Gasteiger partial charge is 0.325 e. The van der Waals surface area contributed by atoms with Gasteiger partial charge in [0.1, 0.15) is 0 Å². The van der Waals surface area contributed by atoms with Crippen LogP contribution in [0, 0.1) is 0 Å². The Morgan fingerprint density at radius 2 is 1.62 bits per heavy atom. The first-order valence-electron chi connectivity index (χ1n) is 10.9. The van der Waals surface area contributed by atoms with Crippen LogP contribution in [0.4, 0.5) is 11.4 Å². The maximum atomic E-state index is 12.9. The zero-order valence-corrected chi connectivity index (χ0v) is 19.5. The van der Waals surface area contributed by atoms with Gasteiger partial charge in [-0.05, 0) is 42.8 Å². The van der Waals surface area contributed by atoms with Gasteiger partial charge in [0.25, 0.3) is 11.5 Å². The molecule has 0 atom stereocenters. The minimum Gasteiger partial charge on any atom is -0.325 e. The number of hydrogen-bond acceptors (Lipinski definition) is 5. The van der Waals surface area contributed by atoms with Crippen molar-refractivity contribution in [2.45, 2.75) is 25.0 Å². The number of para-hydroxylation sites is 3. The zero-order chi connectivity index (χ0) is 23.9. The Labute approximate surface area is 201 Å². The van der Waals surface area contributed by atoms with Crippen molar-refractivity contribution in [3.63, 3.8) is 0 Å². The van der Waals surface area contributed by atoms with E-state index in [1.54, 1.807) is 53.1 Å². The van der Waals surface area contributed by atoms with Crippen LogP contribution in [0.1, 0.15) is 23.7 Å². The van der Waals surface area contributed by atoms with Crippen molar-refractivity contribution in [2.24, 2.45) is 0 Å². The lowest BCUT2D eigenvalue weighted by atomic mass is 10.1. The summed E-state index contributed by atoms with van der Waals surface area (Å²) in [4.78, 5) is 43.0. The molecule has 0 unspecified atom stereocenters. The fraction of sp³-hybridized carbons (Fsp3) is 0.154. The average Bonchev–Trinajstić information content (AvgIpc) is 2.85. The molecular formula is C26H24N4O3S. The topological polar surface area (TPSA) is 93.1 Å². The summed E-state index contributed by atoms with van der Waals surface area (Å²) in [6.07, 6.45) is 0.767. The molecule has 34 heavy (non-hydrogen) atoms. The second kappa shape index (κ2) is 10.8.